The number of nitrogens with one attached hydrogen (secondary N) is 1. The van der Waals surface area contributed by atoms with Gasteiger partial charge in [0.1, 0.15) is 11.4 Å². The molecule has 1 amide bonds. The molecule has 1 N–H and O–H groups in total. The summed E-state index contributed by atoms with van der Waals surface area (Å²) in [5.41, 5.74) is 4.67. The molecule has 158 valence electrons. The van der Waals surface area contributed by atoms with Gasteiger partial charge in [0.15, 0.2) is 6.73 Å². The predicted octanol–water partition coefficient (Wildman–Crippen LogP) is 4.82. The van der Waals surface area contributed by atoms with Gasteiger partial charge in [-0.3, -0.25) is 4.79 Å². The van der Waals surface area contributed by atoms with Gasteiger partial charge in [-0.25, -0.2) is 4.68 Å². The van der Waals surface area contributed by atoms with Crippen LogP contribution in [0.1, 0.15) is 40.1 Å². The summed E-state index contributed by atoms with van der Waals surface area (Å²) in [4.78, 5) is 12.6. The standard InChI is InChI=1S/C25H26N4O2/c1-18-6-7-19(2)24(16-18)31-17-29-15-12-23(27-29)25(30)26-20(3)21-8-10-22(11-9-21)28-13-4-5-14-28/h4-16,20H,17H2,1-3H3,(H,26,30). The molecule has 31 heavy (non-hydrogen) atoms. The van der Waals surface area contributed by atoms with Crippen LogP contribution < -0.4 is 10.1 Å². The van der Waals surface area contributed by atoms with Crippen molar-refractivity contribution in [3.63, 3.8) is 0 Å². The average Bonchev–Trinajstić information content (AvgIpc) is 3.47. The Bertz CT molecular complexity index is 1160. The summed E-state index contributed by atoms with van der Waals surface area (Å²) >= 11 is 0. The van der Waals surface area contributed by atoms with Gasteiger partial charge in [0.05, 0.1) is 6.04 Å². The Balaban J connectivity index is 1.35. The van der Waals surface area contributed by atoms with Gasteiger partial charge in [-0.15, -0.1) is 0 Å². The van der Waals surface area contributed by atoms with Crippen LogP contribution in [-0.4, -0.2) is 20.3 Å². The molecule has 4 rings (SSSR count). The molecule has 0 aliphatic rings. The first-order chi connectivity index (χ1) is 15.0. The van der Waals surface area contributed by atoms with Gasteiger partial charge in [-0.05, 0) is 73.9 Å². The van der Waals surface area contributed by atoms with E-state index in [1.54, 1.807) is 16.9 Å². The van der Waals surface area contributed by atoms with Gasteiger partial charge in [0, 0.05) is 24.3 Å². The van der Waals surface area contributed by atoms with E-state index >= 15 is 0 Å². The van der Waals surface area contributed by atoms with Crippen LogP contribution in [0.15, 0.2) is 79.3 Å². The van der Waals surface area contributed by atoms with Crippen LogP contribution in [0.25, 0.3) is 5.69 Å². The second-order valence-corrected chi connectivity index (χ2v) is 7.66. The van der Waals surface area contributed by atoms with Crippen molar-refractivity contribution in [2.45, 2.75) is 33.5 Å². The van der Waals surface area contributed by atoms with Gasteiger partial charge in [-0.1, -0.05) is 24.3 Å². The molecule has 0 aliphatic heterocycles. The van der Waals surface area contributed by atoms with E-state index in [2.05, 4.69) is 10.4 Å². The SMILES string of the molecule is Cc1ccc(C)c(OCn2ccc(C(=O)NC(C)c3ccc(-n4cccc4)cc3)n2)c1. The van der Waals surface area contributed by atoms with Crippen LogP contribution in [0.3, 0.4) is 0 Å². The van der Waals surface area contributed by atoms with Crippen molar-refractivity contribution >= 4 is 5.91 Å². The van der Waals surface area contributed by atoms with E-state index in [0.717, 1.165) is 28.1 Å². The zero-order valence-electron chi connectivity index (χ0n) is 17.9. The maximum atomic E-state index is 12.6. The minimum Gasteiger partial charge on any atom is -0.471 e. The second-order valence-electron chi connectivity index (χ2n) is 7.66. The number of aromatic nitrogens is 3. The molecule has 2 aromatic heterocycles. The molecule has 6 heteroatoms. The van der Waals surface area contributed by atoms with Gasteiger partial charge in [-0.2, -0.15) is 5.10 Å². The normalized spacial score (nSPS) is 11.8. The molecule has 0 bridgehead atoms. The number of hydrogen-bond donors (Lipinski definition) is 1. The van der Waals surface area contributed by atoms with Crippen molar-refractivity contribution in [2.75, 3.05) is 0 Å². The Morgan fingerprint density at radius 2 is 1.77 bits per heavy atom. The molecule has 0 aliphatic carbocycles. The molecule has 1 unspecified atom stereocenters. The van der Waals surface area contributed by atoms with E-state index in [0.29, 0.717) is 5.69 Å². The van der Waals surface area contributed by atoms with Crippen molar-refractivity contribution < 1.29 is 9.53 Å². The molecule has 0 saturated carbocycles. The molecule has 0 spiro atoms. The van der Waals surface area contributed by atoms with Crippen molar-refractivity contribution in [2.24, 2.45) is 0 Å². The zero-order valence-corrected chi connectivity index (χ0v) is 17.9. The zero-order chi connectivity index (χ0) is 21.8. The van der Waals surface area contributed by atoms with Crippen LogP contribution in [0.4, 0.5) is 0 Å². The first kappa shape index (κ1) is 20.5. The van der Waals surface area contributed by atoms with Crippen molar-refractivity contribution in [3.05, 3.63) is 102 Å². The highest BCUT2D eigenvalue weighted by molar-refractivity contribution is 5.92. The van der Waals surface area contributed by atoms with Crippen LogP contribution >= 0.6 is 0 Å². The fraction of sp³-hybridized carbons (Fsp3) is 0.200. The maximum absolute atomic E-state index is 12.6. The third-order valence-electron chi connectivity index (χ3n) is 5.21. The van der Waals surface area contributed by atoms with Crippen LogP contribution in [0.5, 0.6) is 5.75 Å². The Morgan fingerprint density at radius 1 is 1.03 bits per heavy atom. The second kappa shape index (κ2) is 8.92. The molecule has 2 aromatic carbocycles. The molecular weight excluding hydrogens is 388 g/mol. The maximum Gasteiger partial charge on any atom is 0.272 e. The first-order valence-electron chi connectivity index (χ1n) is 10.3. The fourth-order valence-electron chi connectivity index (χ4n) is 3.35. The fourth-order valence-corrected chi connectivity index (χ4v) is 3.35. The van der Waals surface area contributed by atoms with Crippen molar-refractivity contribution in [1.82, 2.24) is 19.7 Å². The summed E-state index contributed by atoms with van der Waals surface area (Å²) in [6.45, 7) is 6.23. The summed E-state index contributed by atoms with van der Waals surface area (Å²) in [7, 11) is 0. The highest BCUT2D eigenvalue weighted by atomic mass is 16.5. The molecule has 1 atom stereocenters. The Kier molecular flexibility index (Phi) is 5.89. The monoisotopic (exact) mass is 414 g/mol. The number of aryl methyl sites for hydroxylation is 2. The van der Waals surface area contributed by atoms with E-state index in [4.69, 9.17) is 4.74 Å². The summed E-state index contributed by atoms with van der Waals surface area (Å²) in [6, 6.07) is 19.7. The topological polar surface area (TPSA) is 61.1 Å². The Hall–Kier alpha value is -3.80. The molecule has 2 heterocycles. The Labute approximate surface area is 182 Å². The molecule has 4 aromatic rings. The van der Waals surface area contributed by atoms with Crippen molar-refractivity contribution in [3.8, 4) is 11.4 Å². The molecule has 6 nitrogen and oxygen atoms in total. The smallest absolute Gasteiger partial charge is 0.272 e. The third-order valence-corrected chi connectivity index (χ3v) is 5.21. The number of hydrogen-bond acceptors (Lipinski definition) is 3. The number of ether oxygens (including phenoxy) is 1. The molecular formula is C25H26N4O2. The summed E-state index contributed by atoms with van der Waals surface area (Å²) in [6.07, 6.45) is 5.75. The molecule has 0 fully saturated rings. The Morgan fingerprint density at radius 3 is 2.52 bits per heavy atom. The summed E-state index contributed by atoms with van der Waals surface area (Å²) < 4.78 is 9.52. The van der Waals surface area contributed by atoms with Crippen molar-refractivity contribution in [1.29, 1.82) is 0 Å². The summed E-state index contributed by atoms with van der Waals surface area (Å²) in [5, 5.41) is 7.36. The number of rotatable bonds is 7. The number of amides is 1. The van der Waals surface area contributed by atoms with E-state index in [1.807, 2.05) is 92.3 Å². The molecule has 0 radical (unpaired) electrons. The largest absolute Gasteiger partial charge is 0.471 e. The lowest BCUT2D eigenvalue weighted by Crippen LogP contribution is -2.27. The first-order valence-corrected chi connectivity index (χ1v) is 10.3. The van der Waals surface area contributed by atoms with Crippen LogP contribution in [0, 0.1) is 13.8 Å². The third kappa shape index (κ3) is 4.86. The lowest BCUT2D eigenvalue weighted by molar-refractivity contribution is 0.0932. The van der Waals surface area contributed by atoms with Gasteiger partial charge >= 0.3 is 0 Å². The summed E-state index contributed by atoms with van der Waals surface area (Å²) in [5.74, 6) is 0.603. The van der Waals surface area contributed by atoms with Gasteiger partial charge < -0.3 is 14.6 Å². The highest BCUT2D eigenvalue weighted by Gasteiger charge is 2.14. The number of carbonyl (C=O) groups excluding carboxylic acids is 1. The average molecular weight is 415 g/mol. The number of carbonyl (C=O) groups is 1. The van der Waals surface area contributed by atoms with Crippen LogP contribution in [-0.2, 0) is 6.73 Å². The predicted molar refractivity (Wildman–Crippen MR) is 120 cm³/mol. The van der Waals surface area contributed by atoms with E-state index in [1.165, 1.54) is 0 Å². The van der Waals surface area contributed by atoms with E-state index in [9.17, 15) is 4.79 Å². The molecule has 0 saturated heterocycles. The van der Waals surface area contributed by atoms with E-state index < -0.39 is 0 Å². The quantitative estimate of drug-likeness (QED) is 0.472. The van der Waals surface area contributed by atoms with Gasteiger partial charge in [0.25, 0.3) is 5.91 Å². The van der Waals surface area contributed by atoms with Crippen LogP contribution in [0.2, 0.25) is 0 Å². The minimum absolute atomic E-state index is 0.137. The lowest BCUT2D eigenvalue weighted by atomic mass is 10.1. The number of benzene rings is 2. The van der Waals surface area contributed by atoms with Gasteiger partial charge in [0.2, 0.25) is 0 Å². The highest BCUT2D eigenvalue weighted by Crippen LogP contribution is 2.20. The van der Waals surface area contributed by atoms with E-state index in [-0.39, 0.29) is 18.7 Å². The minimum atomic E-state index is -0.215. The lowest BCUT2D eigenvalue weighted by Gasteiger charge is -2.14. The number of nitrogens with zero attached hydrogens (tertiary/aromatic N) is 3.